The molecule has 1 aliphatic carbocycles. The summed E-state index contributed by atoms with van der Waals surface area (Å²) in [7, 11) is 3.32. The fourth-order valence-electron chi connectivity index (χ4n) is 4.35. The molecule has 0 amide bonds. The topological polar surface area (TPSA) is 66.8 Å². The number of rotatable bonds is 2. The van der Waals surface area contributed by atoms with Crippen molar-refractivity contribution in [2.75, 3.05) is 20.7 Å². The second-order valence-electron chi connectivity index (χ2n) is 6.66. The van der Waals surface area contributed by atoms with Gasteiger partial charge >= 0.3 is 0 Å². The number of Topliss-reactive ketones (excluding diaryl/α,β-unsaturated/α-hetero) is 2. The molecule has 0 radical (unpaired) electrons. The highest BCUT2D eigenvalue weighted by atomic mass is 16.5. The van der Waals surface area contributed by atoms with Crippen LogP contribution in [0.3, 0.4) is 0 Å². The van der Waals surface area contributed by atoms with Crippen LogP contribution < -0.4 is 4.74 Å². The van der Waals surface area contributed by atoms with E-state index in [1.807, 2.05) is 11.9 Å². The average Bonchev–Trinajstić information content (AvgIpc) is 3.08. The molecule has 4 rings (SSSR count). The molecule has 1 atom stereocenters. The van der Waals surface area contributed by atoms with Crippen LogP contribution in [0.1, 0.15) is 38.6 Å². The first-order valence-electron chi connectivity index (χ1n) is 8.28. The minimum absolute atomic E-state index is 0.0408. The van der Waals surface area contributed by atoms with Crippen molar-refractivity contribution in [1.82, 2.24) is 4.90 Å². The van der Waals surface area contributed by atoms with Gasteiger partial charge in [0.15, 0.2) is 28.6 Å². The third-order valence-electron chi connectivity index (χ3n) is 5.57. The number of phenolic OH excluding ortho intramolecular Hbond substituents is 1. The van der Waals surface area contributed by atoms with E-state index in [4.69, 9.17) is 4.74 Å². The maximum Gasteiger partial charge on any atom is 0.192 e. The Morgan fingerprint density at radius 1 is 1.12 bits per heavy atom. The van der Waals surface area contributed by atoms with Crippen LogP contribution in [-0.4, -0.2) is 47.8 Å². The standard InChI is InChI=1S/C20H19NO4/c1-21-10-9-15(12-7-8-16(22)17(11-12)25-2)20(21)18(23)13-5-3-4-6-14(13)19(20)24/h3-8,11,15,22H,9-10H2,1-2H3. The number of hydrogen-bond acceptors (Lipinski definition) is 5. The zero-order valence-corrected chi connectivity index (χ0v) is 14.2. The van der Waals surface area contributed by atoms with Gasteiger partial charge in [0.25, 0.3) is 0 Å². The Morgan fingerprint density at radius 2 is 1.76 bits per heavy atom. The number of benzene rings is 2. The largest absolute Gasteiger partial charge is 0.504 e. The number of ether oxygens (including phenoxy) is 1. The highest BCUT2D eigenvalue weighted by Gasteiger charge is 2.62. The van der Waals surface area contributed by atoms with E-state index in [1.165, 1.54) is 7.11 Å². The van der Waals surface area contributed by atoms with Crippen LogP contribution in [0.2, 0.25) is 0 Å². The van der Waals surface area contributed by atoms with Crippen molar-refractivity contribution in [3.8, 4) is 11.5 Å². The highest BCUT2D eigenvalue weighted by molar-refractivity contribution is 6.33. The molecule has 5 nitrogen and oxygen atoms in total. The maximum atomic E-state index is 13.3. The zero-order valence-electron chi connectivity index (χ0n) is 14.2. The Bertz CT molecular complexity index is 854. The van der Waals surface area contributed by atoms with Gasteiger partial charge < -0.3 is 9.84 Å². The number of fused-ring (bicyclic) bond motifs is 1. The minimum atomic E-state index is -1.20. The fourth-order valence-corrected chi connectivity index (χ4v) is 4.35. The first-order valence-corrected chi connectivity index (χ1v) is 8.28. The van der Waals surface area contributed by atoms with Crippen LogP contribution in [-0.2, 0) is 0 Å². The number of likely N-dealkylation sites (tertiary alicyclic amines) is 1. The quantitative estimate of drug-likeness (QED) is 0.854. The number of likely N-dealkylation sites (N-methyl/N-ethyl adjacent to an activating group) is 1. The molecule has 1 fully saturated rings. The van der Waals surface area contributed by atoms with Gasteiger partial charge in [0.05, 0.1) is 7.11 Å². The smallest absolute Gasteiger partial charge is 0.192 e. The van der Waals surface area contributed by atoms with Gasteiger partial charge in [-0.2, -0.15) is 0 Å². The summed E-state index contributed by atoms with van der Waals surface area (Å²) < 4.78 is 5.21. The van der Waals surface area contributed by atoms with Crippen LogP contribution in [0.4, 0.5) is 0 Å². The third-order valence-corrected chi connectivity index (χ3v) is 5.57. The molecular formula is C20H19NO4. The van der Waals surface area contributed by atoms with Gasteiger partial charge in [-0.1, -0.05) is 30.3 Å². The van der Waals surface area contributed by atoms with E-state index in [1.54, 1.807) is 42.5 Å². The highest BCUT2D eigenvalue weighted by Crippen LogP contribution is 2.50. The summed E-state index contributed by atoms with van der Waals surface area (Å²) in [5.74, 6) is -0.161. The predicted molar refractivity (Wildman–Crippen MR) is 92.5 cm³/mol. The summed E-state index contributed by atoms with van der Waals surface area (Å²) in [6.45, 7) is 0.652. The van der Waals surface area contributed by atoms with E-state index >= 15 is 0 Å². The molecule has 1 saturated heterocycles. The Morgan fingerprint density at radius 3 is 2.36 bits per heavy atom. The molecule has 0 saturated carbocycles. The molecule has 128 valence electrons. The van der Waals surface area contributed by atoms with Gasteiger partial charge in [-0.05, 0) is 37.7 Å². The summed E-state index contributed by atoms with van der Waals surface area (Å²) in [5, 5.41) is 9.86. The van der Waals surface area contributed by atoms with Crippen molar-refractivity contribution in [1.29, 1.82) is 0 Å². The van der Waals surface area contributed by atoms with Crippen LogP contribution in [0.15, 0.2) is 42.5 Å². The monoisotopic (exact) mass is 337 g/mol. The van der Waals surface area contributed by atoms with Crippen molar-refractivity contribution in [3.63, 3.8) is 0 Å². The molecule has 1 aliphatic heterocycles. The second-order valence-corrected chi connectivity index (χ2v) is 6.66. The maximum absolute atomic E-state index is 13.3. The number of aromatic hydroxyl groups is 1. The van der Waals surface area contributed by atoms with Crippen LogP contribution in [0.25, 0.3) is 0 Å². The number of hydrogen-bond donors (Lipinski definition) is 1. The fraction of sp³-hybridized carbons (Fsp3) is 0.300. The molecule has 1 unspecified atom stereocenters. The molecule has 2 aliphatic rings. The van der Waals surface area contributed by atoms with Gasteiger partial charge in [-0.25, -0.2) is 0 Å². The first kappa shape index (κ1) is 15.8. The van der Waals surface area contributed by atoms with Crippen molar-refractivity contribution < 1.29 is 19.4 Å². The lowest BCUT2D eigenvalue weighted by Gasteiger charge is -2.34. The second kappa shape index (κ2) is 5.43. The number of phenols is 1. The molecule has 1 spiro atoms. The first-order chi connectivity index (χ1) is 12.0. The summed E-state index contributed by atoms with van der Waals surface area (Å²) in [6.07, 6.45) is 0.690. The number of ketones is 2. The van der Waals surface area contributed by atoms with E-state index in [-0.39, 0.29) is 23.2 Å². The summed E-state index contributed by atoms with van der Waals surface area (Å²) in [6, 6.07) is 12.1. The Labute approximate surface area is 145 Å². The van der Waals surface area contributed by atoms with Crippen LogP contribution in [0, 0.1) is 0 Å². The summed E-state index contributed by atoms with van der Waals surface area (Å²) >= 11 is 0. The lowest BCUT2D eigenvalue weighted by Crippen LogP contribution is -2.54. The molecule has 0 bridgehead atoms. The summed E-state index contributed by atoms with van der Waals surface area (Å²) in [5.41, 5.74) is 0.619. The van der Waals surface area contributed by atoms with E-state index < -0.39 is 5.54 Å². The number of carbonyl (C=O) groups is 2. The van der Waals surface area contributed by atoms with E-state index in [0.29, 0.717) is 29.8 Å². The number of nitrogens with zero attached hydrogens (tertiary/aromatic N) is 1. The van der Waals surface area contributed by atoms with Gasteiger partial charge in [0.1, 0.15) is 0 Å². The van der Waals surface area contributed by atoms with Gasteiger partial charge in [-0.3, -0.25) is 14.5 Å². The van der Waals surface area contributed by atoms with Crippen molar-refractivity contribution in [3.05, 3.63) is 59.2 Å². The Kier molecular flexibility index (Phi) is 3.44. The van der Waals surface area contributed by atoms with Gasteiger partial charge in [-0.15, -0.1) is 0 Å². The molecule has 0 aromatic heterocycles. The van der Waals surface area contributed by atoms with Crippen molar-refractivity contribution in [2.24, 2.45) is 0 Å². The third kappa shape index (κ3) is 1.93. The van der Waals surface area contributed by atoms with Crippen molar-refractivity contribution >= 4 is 11.6 Å². The SMILES string of the molecule is COc1cc(C2CCN(C)C23C(=O)c2ccccc2C3=O)ccc1O. The molecule has 5 heteroatoms. The normalized spacial score (nSPS) is 21.8. The molecule has 2 aromatic rings. The molecule has 2 aromatic carbocycles. The lowest BCUT2D eigenvalue weighted by molar-refractivity contribution is 0.0609. The van der Waals surface area contributed by atoms with Crippen LogP contribution >= 0.6 is 0 Å². The lowest BCUT2D eigenvalue weighted by atomic mass is 9.76. The van der Waals surface area contributed by atoms with Crippen LogP contribution in [0.5, 0.6) is 11.5 Å². The minimum Gasteiger partial charge on any atom is -0.504 e. The average molecular weight is 337 g/mol. The Hall–Kier alpha value is -2.66. The van der Waals surface area contributed by atoms with Crippen molar-refractivity contribution in [2.45, 2.75) is 17.9 Å². The zero-order chi connectivity index (χ0) is 17.8. The molecular weight excluding hydrogens is 318 g/mol. The number of carbonyl (C=O) groups excluding carboxylic acids is 2. The number of methoxy groups -OCH3 is 1. The Balaban J connectivity index is 1.89. The predicted octanol–water partition coefficient (Wildman–Crippen LogP) is 2.64. The van der Waals surface area contributed by atoms with E-state index in [9.17, 15) is 14.7 Å². The molecule has 25 heavy (non-hydrogen) atoms. The molecule has 1 heterocycles. The van der Waals surface area contributed by atoms with E-state index in [0.717, 1.165) is 5.56 Å². The summed E-state index contributed by atoms with van der Waals surface area (Å²) in [4.78, 5) is 28.5. The van der Waals surface area contributed by atoms with E-state index in [2.05, 4.69) is 0 Å². The van der Waals surface area contributed by atoms with Gasteiger partial charge in [0, 0.05) is 17.0 Å². The van der Waals surface area contributed by atoms with Gasteiger partial charge in [0.2, 0.25) is 0 Å². The molecule has 1 N–H and O–H groups in total.